The summed E-state index contributed by atoms with van der Waals surface area (Å²) >= 11 is 0. The number of fused-ring (bicyclic) bond motifs is 1. The van der Waals surface area contributed by atoms with E-state index in [-0.39, 0.29) is 22.7 Å². The predicted molar refractivity (Wildman–Crippen MR) is 86.1 cm³/mol. The van der Waals surface area contributed by atoms with Gasteiger partial charge in [0.15, 0.2) is 6.23 Å². The van der Waals surface area contributed by atoms with E-state index in [4.69, 9.17) is 4.74 Å². The van der Waals surface area contributed by atoms with E-state index in [2.05, 4.69) is 0 Å². The highest BCUT2D eigenvalue weighted by molar-refractivity contribution is 7.89. The van der Waals surface area contributed by atoms with E-state index < -0.39 is 16.3 Å². The van der Waals surface area contributed by atoms with E-state index >= 15 is 0 Å². The van der Waals surface area contributed by atoms with Crippen molar-refractivity contribution in [1.82, 2.24) is 4.31 Å². The largest absolute Gasteiger partial charge is 0.445 e. The summed E-state index contributed by atoms with van der Waals surface area (Å²) in [7, 11) is -2.15. The van der Waals surface area contributed by atoms with Gasteiger partial charge in [-0.25, -0.2) is 8.42 Å². The molecule has 126 valence electrons. The lowest BCUT2D eigenvalue weighted by Crippen LogP contribution is -2.41. The zero-order chi connectivity index (χ0) is 16.6. The lowest BCUT2D eigenvalue weighted by Gasteiger charge is -2.27. The van der Waals surface area contributed by atoms with Crippen LogP contribution in [0.25, 0.3) is 0 Å². The third-order valence-corrected chi connectivity index (χ3v) is 6.87. The Morgan fingerprint density at radius 3 is 2.43 bits per heavy atom. The monoisotopic (exact) mass is 337 g/mol. The molecule has 3 rings (SSSR count). The maximum atomic E-state index is 12.8. The van der Waals surface area contributed by atoms with Crippen LogP contribution in [0.15, 0.2) is 29.2 Å². The van der Waals surface area contributed by atoms with Crippen molar-refractivity contribution in [2.45, 2.75) is 50.2 Å². The van der Waals surface area contributed by atoms with Crippen LogP contribution in [0.4, 0.5) is 0 Å². The third kappa shape index (κ3) is 3.02. The van der Waals surface area contributed by atoms with E-state index in [1.54, 1.807) is 24.3 Å². The van der Waals surface area contributed by atoms with Gasteiger partial charge in [-0.3, -0.25) is 4.79 Å². The molecule has 1 aromatic carbocycles. The van der Waals surface area contributed by atoms with E-state index in [0.29, 0.717) is 0 Å². The van der Waals surface area contributed by atoms with Crippen LogP contribution in [0.1, 0.15) is 37.7 Å². The van der Waals surface area contributed by atoms with Gasteiger partial charge in [0, 0.05) is 13.0 Å². The number of benzene rings is 1. The molecule has 0 N–H and O–H groups in total. The Morgan fingerprint density at radius 2 is 1.74 bits per heavy atom. The number of rotatable bonds is 3. The fourth-order valence-corrected chi connectivity index (χ4v) is 4.91. The van der Waals surface area contributed by atoms with Crippen LogP contribution < -0.4 is 0 Å². The molecule has 1 saturated heterocycles. The van der Waals surface area contributed by atoms with Gasteiger partial charge in [-0.1, -0.05) is 37.0 Å². The molecule has 23 heavy (non-hydrogen) atoms. The van der Waals surface area contributed by atoms with Gasteiger partial charge in [0.2, 0.25) is 10.0 Å². The molecule has 0 spiro atoms. The van der Waals surface area contributed by atoms with Gasteiger partial charge in [0.05, 0.1) is 10.8 Å². The summed E-state index contributed by atoms with van der Waals surface area (Å²) in [5.74, 6) is -0.429. The number of nitrogens with zero attached hydrogens (tertiary/aromatic N) is 1. The highest BCUT2D eigenvalue weighted by Gasteiger charge is 2.48. The number of carbonyl (C=O) groups is 1. The van der Waals surface area contributed by atoms with Gasteiger partial charge in [-0.2, -0.15) is 4.31 Å². The van der Waals surface area contributed by atoms with Crippen molar-refractivity contribution in [2.24, 2.45) is 11.8 Å². The number of esters is 1. The van der Waals surface area contributed by atoms with Gasteiger partial charge in [0.1, 0.15) is 0 Å². The molecule has 1 heterocycles. The lowest BCUT2D eigenvalue weighted by molar-refractivity contribution is -0.147. The van der Waals surface area contributed by atoms with Gasteiger partial charge < -0.3 is 4.74 Å². The van der Waals surface area contributed by atoms with Crippen molar-refractivity contribution in [3.63, 3.8) is 0 Å². The van der Waals surface area contributed by atoms with E-state index in [1.807, 2.05) is 6.92 Å². The number of hydrogen-bond acceptors (Lipinski definition) is 4. The van der Waals surface area contributed by atoms with Crippen LogP contribution >= 0.6 is 0 Å². The zero-order valence-corrected chi connectivity index (χ0v) is 14.4. The SMILES string of the molecule is Cc1ccc(S(=O)(=O)N(C)[C@@H]2OC(=O)[C@H]3CCCCC[C@H]32)cc1. The molecule has 1 saturated carbocycles. The molecular formula is C17H23NO4S. The lowest BCUT2D eigenvalue weighted by atomic mass is 9.89. The molecule has 0 radical (unpaired) electrons. The molecule has 0 amide bonds. The normalized spacial score (nSPS) is 28.3. The number of aryl methyl sites for hydroxylation is 1. The van der Waals surface area contributed by atoms with Crippen molar-refractivity contribution >= 4 is 16.0 Å². The van der Waals surface area contributed by atoms with Gasteiger partial charge in [-0.05, 0) is 31.9 Å². The molecule has 0 bridgehead atoms. The topological polar surface area (TPSA) is 63.7 Å². The Bertz CT molecular complexity index is 683. The van der Waals surface area contributed by atoms with Crippen LogP contribution in [0, 0.1) is 18.8 Å². The first kappa shape index (κ1) is 16.5. The summed E-state index contributed by atoms with van der Waals surface area (Å²) in [5.41, 5.74) is 1.00. The van der Waals surface area contributed by atoms with Crippen molar-refractivity contribution in [3.05, 3.63) is 29.8 Å². The molecule has 0 aromatic heterocycles. The van der Waals surface area contributed by atoms with Crippen molar-refractivity contribution in [1.29, 1.82) is 0 Å². The molecule has 1 aliphatic carbocycles. The highest BCUT2D eigenvalue weighted by Crippen LogP contribution is 2.40. The summed E-state index contributed by atoms with van der Waals surface area (Å²) in [4.78, 5) is 12.4. The Kier molecular flexibility index (Phi) is 4.47. The van der Waals surface area contributed by atoms with Crippen molar-refractivity contribution in [2.75, 3.05) is 7.05 Å². The number of carbonyl (C=O) groups excluding carboxylic acids is 1. The molecular weight excluding hydrogens is 314 g/mol. The smallest absolute Gasteiger partial charge is 0.311 e. The molecule has 5 nitrogen and oxygen atoms in total. The van der Waals surface area contributed by atoms with Gasteiger partial charge >= 0.3 is 5.97 Å². The molecule has 6 heteroatoms. The summed E-state index contributed by atoms with van der Waals surface area (Å²) in [6.07, 6.45) is 4.09. The van der Waals surface area contributed by atoms with Crippen LogP contribution in [0.3, 0.4) is 0 Å². The summed E-state index contributed by atoms with van der Waals surface area (Å²) in [6.45, 7) is 1.91. The second kappa shape index (κ2) is 6.24. The average Bonchev–Trinajstić information content (AvgIpc) is 2.71. The van der Waals surface area contributed by atoms with Gasteiger partial charge in [-0.15, -0.1) is 0 Å². The first-order valence-electron chi connectivity index (χ1n) is 8.16. The Balaban J connectivity index is 1.88. The highest BCUT2D eigenvalue weighted by atomic mass is 32.2. The van der Waals surface area contributed by atoms with E-state index in [1.165, 1.54) is 11.4 Å². The first-order valence-corrected chi connectivity index (χ1v) is 9.60. The van der Waals surface area contributed by atoms with Crippen LogP contribution in [0.2, 0.25) is 0 Å². The van der Waals surface area contributed by atoms with E-state index in [0.717, 1.165) is 37.7 Å². The summed E-state index contributed by atoms with van der Waals surface area (Å²) < 4.78 is 32.4. The van der Waals surface area contributed by atoms with E-state index in [9.17, 15) is 13.2 Å². The second-order valence-corrected chi connectivity index (χ2v) is 8.57. The number of cyclic esters (lactones) is 1. The molecule has 0 unspecified atom stereocenters. The fraction of sp³-hybridized carbons (Fsp3) is 0.588. The molecule has 1 aliphatic heterocycles. The number of hydrogen-bond donors (Lipinski definition) is 0. The average molecular weight is 337 g/mol. The first-order chi connectivity index (χ1) is 10.9. The van der Waals surface area contributed by atoms with Crippen LogP contribution in [-0.4, -0.2) is 32.0 Å². The molecule has 1 aromatic rings. The number of ether oxygens (including phenoxy) is 1. The maximum absolute atomic E-state index is 12.8. The maximum Gasteiger partial charge on any atom is 0.311 e. The van der Waals surface area contributed by atoms with Gasteiger partial charge in [0.25, 0.3) is 0 Å². The van der Waals surface area contributed by atoms with Crippen molar-refractivity contribution < 1.29 is 17.9 Å². The minimum absolute atomic E-state index is 0.0322. The molecule has 2 fully saturated rings. The Labute approximate surface area is 137 Å². The minimum atomic E-state index is -3.67. The summed E-state index contributed by atoms with van der Waals surface area (Å²) in [6, 6.07) is 6.75. The Morgan fingerprint density at radius 1 is 1.09 bits per heavy atom. The summed E-state index contributed by atoms with van der Waals surface area (Å²) in [5, 5.41) is 0. The Hall–Kier alpha value is -1.40. The van der Waals surface area contributed by atoms with Crippen molar-refractivity contribution in [3.8, 4) is 0 Å². The number of sulfonamides is 1. The molecule has 2 aliphatic rings. The predicted octanol–water partition coefficient (Wildman–Crippen LogP) is 2.69. The fourth-order valence-electron chi connectivity index (χ4n) is 3.62. The second-order valence-electron chi connectivity index (χ2n) is 6.57. The third-order valence-electron chi connectivity index (χ3n) is 5.03. The standard InChI is InChI=1S/C17H23NO4S/c1-12-8-10-13(11-9-12)23(20,21)18(2)16-14-6-4-3-5-7-15(14)17(19)22-16/h8-11,14-16H,3-7H2,1-2H3/t14-,15+,16-/m1/s1. The van der Waals surface area contributed by atoms with Crippen LogP contribution in [0.5, 0.6) is 0 Å². The zero-order valence-electron chi connectivity index (χ0n) is 13.6. The molecule has 3 atom stereocenters. The van der Waals surface area contributed by atoms with Crippen LogP contribution in [-0.2, 0) is 19.6 Å². The quantitative estimate of drug-likeness (QED) is 0.796. The minimum Gasteiger partial charge on any atom is -0.445 e.